The monoisotopic (exact) mass is 496 g/mol. The Bertz CT molecular complexity index is 1480. The SMILES string of the molecule is CCC[C@H](NC(=O)c1cncc2c1cnn2-c1ccc(F)cc1)c1ccc(OC)c(S(C)(=O)=O)c1. The lowest BCUT2D eigenvalue weighted by molar-refractivity contribution is 0.0935. The molecule has 182 valence electrons. The molecule has 0 bridgehead atoms. The van der Waals surface area contributed by atoms with Gasteiger partial charge in [-0.1, -0.05) is 19.4 Å². The van der Waals surface area contributed by atoms with Crippen LogP contribution in [0.3, 0.4) is 0 Å². The van der Waals surface area contributed by atoms with Crippen molar-refractivity contribution in [3.63, 3.8) is 0 Å². The molecule has 0 radical (unpaired) electrons. The first kappa shape index (κ1) is 24.3. The molecule has 0 spiro atoms. The zero-order valence-electron chi connectivity index (χ0n) is 19.5. The fourth-order valence-corrected chi connectivity index (χ4v) is 4.82. The number of benzene rings is 2. The molecule has 10 heteroatoms. The van der Waals surface area contributed by atoms with Gasteiger partial charge in [-0.05, 0) is 48.4 Å². The van der Waals surface area contributed by atoms with Crippen LogP contribution in [0.4, 0.5) is 4.39 Å². The molecular formula is C25H25FN4O4S. The lowest BCUT2D eigenvalue weighted by atomic mass is 10.0. The van der Waals surface area contributed by atoms with Crippen molar-refractivity contribution in [1.82, 2.24) is 20.1 Å². The van der Waals surface area contributed by atoms with Gasteiger partial charge in [0.15, 0.2) is 9.84 Å². The maximum absolute atomic E-state index is 13.3. The minimum Gasteiger partial charge on any atom is -0.495 e. The molecule has 0 saturated heterocycles. The molecule has 35 heavy (non-hydrogen) atoms. The van der Waals surface area contributed by atoms with Crippen LogP contribution in [0.25, 0.3) is 16.6 Å². The van der Waals surface area contributed by atoms with Crippen LogP contribution in [-0.4, -0.2) is 42.5 Å². The molecule has 4 aromatic rings. The fraction of sp³-hybridized carbons (Fsp3) is 0.240. The minimum absolute atomic E-state index is 0.0668. The molecule has 4 rings (SSSR count). The summed E-state index contributed by atoms with van der Waals surface area (Å²) in [7, 11) is -2.12. The van der Waals surface area contributed by atoms with Gasteiger partial charge in [0.25, 0.3) is 5.91 Å². The molecule has 1 amide bonds. The highest BCUT2D eigenvalue weighted by molar-refractivity contribution is 7.90. The van der Waals surface area contributed by atoms with Gasteiger partial charge in [0.2, 0.25) is 0 Å². The van der Waals surface area contributed by atoms with Gasteiger partial charge in [-0.2, -0.15) is 5.10 Å². The second-order valence-electron chi connectivity index (χ2n) is 8.15. The van der Waals surface area contributed by atoms with E-state index in [9.17, 15) is 17.6 Å². The molecule has 0 saturated carbocycles. The van der Waals surface area contributed by atoms with E-state index in [1.807, 2.05) is 6.92 Å². The molecule has 8 nitrogen and oxygen atoms in total. The van der Waals surface area contributed by atoms with Crippen LogP contribution in [0.5, 0.6) is 5.75 Å². The molecule has 2 heterocycles. The summed E-state index contributed by atoms with van der Waals surface area (Å²) in [5.74, 6) is -0.472. The number of aromatic nitrogens is 3. The highest BCUT2D eigenvalue weighted by Gasteiger charge is 2.22. The summed E-state index contributed by atoms with van der Waals surface area (Å²) in [4.78, 5) is 17.6. The molecule has 2 aromatic carbocycles. The van der Waals surface area contributed by atoms with Crippen LogP contribution in [0, 0.1) is 5.82 Å². The summed E-state index contributed by atoms with van der Waals surface area (Å²) in [6.45, 7) is 1.98. The smallest absolute Gasteiger partial charge is 0.254 e. The van der Waals surface area contributed by atoms with E-state index >= 15 is 0 Å². The van der Waals surface area contributed by atoms with Crippen LogP contribution in [0.1, 0.15) is 41.7 Å². The summed E-state index contributed by atoms with van der Waals surface area (Å²) in [5.41, 5.74) is 2.22. The molecular weight excluding hydrogens is 471 g/mol. The van der Waals surface area contributed by atoms with Gasteiger partial charge in [-0.15, -0.1) is 0 Å². The number of pyridine rings is 1. The largest absolute Gasteiger partial charge is 0.495 e. The number of sulfone groups is 1. The summed E-state index contributed by atoms with van der Waals surface area (Å²) in [6.07, 6.45) is 7.10. The number of ether oxygens (including phenoxy) is 1. The van der Waals surface area contributed by atoms with Gasteiger partial charge >= 0.3 is 0 Å². The van der Waals surface area contributed by atoms with Crippen molar-refractivity contribution in [2.24, 2.45) is 0 Å². The predicted molar refractivity (Wildman–Crippen MR) is 130 cm³/mol. The summed E-state index contributed by atoms with van der Waals surface area (Å²) in [5, 5.41) is 7.96. The Balaban J connectivity index is 1.69. The zero-order chi connectivity index (χ0) is 25.2. The van der Waals surface area contributed by atoms with Crippen molar-refractivity contribution >= 4 is 26.6 Å². The average Bonchev–Trinajstić information content (AvgIpc) is 3.27. The van der Waals surface area contributed by atoms with Gasteiger partial charge in [0.1, 0.15) is 16.5 Å². The predicted octanol–water partition coefficient (Wildman–Crippen LogP) is 4.24. The molecule has 0 fully saturated rings. The summed E-state index contributed by atoms with van der Waals surface area (Å²) in [6, 6.07) is 10.3. The molecule has 1 atom stereocenters. The van der Waals surface area contributed by atoms with E-state index in [-0.39, 0.29) is 22.4 Å². The highest BCUT2D eigenvalue weighted by Crippen LogP contribution is 2.30. The first-order chi connectivity index (χ1) is 16.7. The van der Waals surface area contributed by atoms with Crippen molar-refractivity contribution < 1.29 is 22.3 Å². The van der Waals surface area contributed by atoms with E-state index in [0.29, 0.717) is 34.1 Å². The molecule has 1 N–H and O–H groups in total. The Hall–Kier alpha value is -3.79. The van der Waals surface area contributed by atoms with E-state index < -0.39 is 15.9 Å². The fourth-order valence-electron chi connectivity index (χ4n) is 3.96. The number of amides is 1. The van der Waals surface area contributed by atoms with Crippen molar-refractivity contribution in [2.75, 3.05) is 13.4 Å². The topological polar surface area (TPSA) is 103 Å². The Morgan fingerprint density at radius 1 is 1.14 bits per heavy atom. The maximum Gasteiger partial charge on any atom is 0.254 e. The number of hydrogen-bond donors (Lipinski definition) is 1. The maximum atomic E-state index is 13.3. The molecule has 2 aromatic heterocycles. The van der Waals surface area contributed by atoms with Gasteiger partial charge < -0.3 is 10.1 Å². The van der Waals surface area contributed by atoms with E-state index in [0.717, 1.165) is 12.7 Å². The number of rotatable bonds is 8. The van der Waals surface area contributed by atoms with Crippen LogP contribution in [0.15, 0.2) is 66.0 Å². The van der Waals surface area contributed by atoms with Crippen molar-refractivity contribution in [3.05, 3.63) is 78.0 Å². The highest BCUT2D eigenvalue weighted by atomic mass is 32.2. The second-order valence-corrected chi connectivity index (χ2v) is 10.1. The Morgan fingerprint density at radius 2 is 1.89 bits per heavy atom. The van der Waals surface area contributed by atoms with Gasteiger partial charge in [0, 0.05) is 17.8 Å². The van der Waals surface area contributed by atoms with Gasteiger partial charge in [-0.25, -0.2) is 17.5 Å². The van der Waals surface area contributed by atoms with Crippen molar-refractivity contribution in [2.45, 2.75) is 30.7 Å². The lowest BCUT2D eigenvalue weighted by Gasteiger charge is -2.20. The first-order valence-corrected chi connectivity index (χ1v) is 12.9. The van der Waals surface area contributed by atoms with Gasteiger partial charge in [-0.3, -0.25) is 9.78 Å². The normalized spacial score (nSPS) is 12.5. The number of carbonyl (C=O) groups excluding carboxylic acids is 1. The second kappa shape index (κ2) is 9.83. The van der Waals surface area contributed by atoms with Crippen LogP contribution in [-0.2, 0) is 9.84 Å². The van der Waals surface area contributed by atoms with Crippen LogP contribution >= 0.6 is 0 Å². The van der Waals surface area contributed by atoms with Gasteiger partial charge in [0.05, 0.1) is 42.3 Å². The standard InChI is InChI=1S/C25H25FN4O4S/c1-4-5-21(16-6-11-23(34-2)24(12-16)35(3,32)33)29-25(31)20-13-27-15-22-19(20)14-28-30(22)18-9-7-17(26)8-10-18/h6-15,21H,4-5H2,1-3H3,(H,29,31)/t21-/m0/s1. The average molecular weight is 497 g/mol. The third-order valence-electron chi connectivity index (χ3n) is 5.69. The Labute approximate surface area is 202 Å². The van der Waals surface area contributed by atoms with E-state index in [1.54, 1.807) is 47.4 Å². The lowest BCUT2D eigenvalue weighted by Crippen LogP contribution is -2.29. The van der Waals surface area contributed by atoms with Crippen LogP contribution in [0.2, 0.25) is 0 Å². The van der Waals surface area contributed by atoms with Crippen LogP contribution < -0.4 is 10.1 Å². The van der Waals surface area contributed by atoms with E-state index in [1.165, 1.54) is 25.4 Å². The third kappa shape index (κ3) is 5.02. The van der Waals surface area contributed by atoms with E-state index in [2.05, 4.69) is 15.4 Å². The number of fused-ring (bicyclic) bond motifs is 1. The third-order valence-corrected chi connectivity index (χ3v) is 6.80. The number of nitrogens with one attached hydrogen (secondary N) is 1. The number of carbonyl (C=O) groups is 1. The number of methoxy groups -OCH3 is 1. The van der Waals surface area contributed by atoms with Crippen molar-refractivity contribution in [1.29, 1.82) is 0 Å². The van der Waals surface area contributed by atoms with Crippen molar-refractivity contribution in [3.8, 4) is 11.4 Å². The molecule has 0 aliphatic carbocycles. The number of nitrogens with zero attached hydrogens (tertiary/aromatic N) is 3. The minimum atomic E-state index is -3.53. The number of hydrogen-bond acceptors (Lipinski definition) is 6. The quantitative estimate of drug-likeness (QED) is 0.391. The van der Waals surface area contributed by atoms with E-state index in [4.69, 9.17) is 4.74 Å². The number of halogens is 1. The summed E-state index contributed by atoms with van der Waals surface area (Å²) < 4.78 is 44.7. The molecule has 0 aliphatic heterocycles. The Kier molecular flexibility index (Phi) is 6.83. The first-order valence-electron chi connectivity index (χ1n) is 11.0. The zero-order valence-corrected chi connectivity index (χ0v) is 20.3. The molecule has 0 unspecified atom stereocenters. The Morgan fingerprint density at radius 3 is 2.54 bits per heavy atom. The molecule has 0 aliphatic rings. The summed E-state index contributed by atoms with van der Waals surface area (Å²) >= 11 is 0.